The van der Waals surface area contributed by atoms with E-state index in [1.54, 1.807) is 6.20 Å². The molecule has 0 unspecified atom stereocenters. The van der Waals surface area contributed by atoms with Crippen LogP contribution in [0.1, 0.15) is 79.4 Å². The molecule has 2 saturated carbocycles. The highest BCUT2D eigenvalue weighted by Crippen LogP contribution is 2.45. The molecule has 0 bridgehead atoms. The molecule has 2 N–H and O–H groups in total. The first kappa shape index (κ1) is 26.0. The molecule has 6 nitrogen and oxygen atoms in total. The fraction of sp³-hybridized carbons (Fsp3) is 0.519. The van der Waals surface area contributed by atoms with E-state index < -0.39 is 18.2 Å². The van der Waals surface area contributed by atoms with Crippen LogP contribution in [0.25, 0.3) is 0 Å². The number of carbonyl (C=O) groups is 2. The lowest BCUT2D eigenvalue weighted by atomic mass is 9.68. The maximum absolute atomic E-state index is 13.5. The van der Waals surface area contributed by atoms with E-state index in [1.807, 2.05) is 23.1 Å². The molecule has 0 saturated heterocycles. The molecule has 36 heavy (non-hydrogen) atoms. The predicted molar refractivity (Wildman–Crippen MR) is 128 cm³/mol. The Bertz CT molecular complexity index is 1050. The number of primary amides is 1. The molecule has 2 aliphatic carbocycles. The number of amides is 2. The summed E-state index contributed by atoms with van der Waals surface area (Å²) in [5.74, 6) is -1.71. The number of hydrogen-bond donors (Lipinski definition) is 1. The maximum atomic E-state index is 13.5. The van der Waals surface area contributed by atoms with Crippen LogP contribution >= 0.6 is 0 Å². The lowest BCUT2D eigenvalue weighted by molar-refractivity contribution is -0.146. The number of ether oxygens (including phenoxy) is 1. The van der Waals surface area contributed by atoms with Gasteiger partial charge in [-0.15, -0.1) is 0 Å². The standard InChI is InChI=1S/C27H32F3N3O3/c1-18(27(28,29)30)19-5-7-20(8-6-19)24(34)33(21-9-10-21)22-11-13-26(14-12-22,15-17-36-25(31)35)23-4-2-3-16-32-23/h2-8,16,18,21-22H,9-15,17H2,1H3,(H2,31,35)/t18-,22?,26?/m1/s1. The van der Waals surface area contributed by atoms with Gasteiger partial charge in [0.2, 0.25) is 0 Å². The molecule has 1 aromatic carbocycles. The van der Waals surface area contributed by atoms with E-state index in [1.165, 1.54) is 24.3 Å². The van der Waals surface area contributed by atoms with Crippen LogP contribution in [0, 0.1) is 0 Å². The summed E-state index contributed by atoms with van der Waals surface area (Å²) in [4.78, 5) is 31.1. The number of rotatable bonds is 8. The Kier molecular flexibility index (Phi) is 7.57. The van der Waals surface area contributed by atoms with Crippen molar-refractivity contribution in [3.05, 3.63) is 65.5 Å². The molecule has 0 radical (unpaired) electrons. The van der Waals surface area contributed by atoms with Gasteiger partial charge < -0.3 is 15.4 Å². The Hall–Kier alpha value is -3.10. The van der Waals surface area contributed by atoms with Gasteiger partial charge in [-0.2, -0.15) is 13.2 Å². The van der Waals surface area contributed by atoms with Gasteiger partial charge in [-0.1, -0.05) is 18.2 Å². The zero-order valence-electron chi connectivity index (χ0n) is 20.3. The van der Waals surface area contributed by atoms with Crippen LogP contribution in [0.3, 0.4) is 0 Å². The van der Waals surface area contributed by atoms with Crippen LogP contribution in [0.5, 0.6) is 0 Å². The molecule has 0 spiro atoms. The van der Waals surface area contributed by atoms with Gasteiger partial charge in [0.15, 0.2) is 0 Å². The molecule has 2 fully saturated rings. The first-order valence-electron chi connectivity index (χ1n) is 12.4. The monoisotopic (exact) mass is 503 g/mol. The number of carbonyl (C=O) groups excluding carboxylic acids is 2. The molecular weight excluding hydrogens is 471 g/mol. The van der Waals surface area contributed by atoms with Gasteiger partial charge in [0.25, 0.3) is 5.91 Å². The van der Waals surface area contributed by atoms with E-state index in [0.29, 0.717) is 12.0 Å². The summed E-state index contributed by atoms with van der Waals surface area (Å²) in [6.07, 6.45) is 2.16. The number of hydrogen-bond acceptors (Lipinski definition) is 4. The first-order chi connectivity index (χ1) is 17.1. The molecule has 4 rings (SSSR count). The van der Waals surface area contributed by atoms with Crippen LogP contribution in [0.15, 0.2) is 48.7 Å². The minimum absolute atomic E-state index is 0.0349. The number of pyridine rings is 1. The zero-order valence-corrected chi connectivity index (χ0v) is 20.3. The van der Waals surface area contributed by atoms with Gasteiger partial charge in [0.05, 0.1) is 12.5 Å². The number of aromatic nitrogens is 1. The second kappa shape index (κ2) is 10.5. The van der Waals surface area contributed by atoms with Crippen molar-refractivity contribution in [3.63, 3.8) is 0 Å². The van der Waals surface area contributed by atoms with Gasteiger partial charge in [-0.05, 0) is 81.7 Å². The molecule has 1 aromatic heterocycles. The Morgan fingerprint density at radius 1 is 1.08 bits per heavy atom. The first-order valence-corrected chi connectivity index (χ1v) is 12.4. The molecule has 194 valence electrons. The number of halogens is 3. The Morgan fingerprint density at radius 2 is 1.72 bits per heavy atom. The summed E-state index contributed by atoms with van der Waals surface area (Å²) in [6, 6.07) is 11.8. The van der Waals surface area contributed by atoms with Crippen molar-refractivity contribution >= 4 is 12.0 Å². The molecule has 0 aliphatic heterocycles. The predicted octanol–water partition coefficient (Wildman–Crippen LogP) is 5.72. The average Bonchev–Trinajstić information content (AvgIpc) is 3.70. The Morgan fingerprint density at radius 3 is 2.25 bits per heavy atom. The van der Waals surface area contributed by atoms with Crippen molar-refractivity contribution in [2.45, 2.75) is 81.5 Å². The summed E-state index contributed by atoms with van der Waals surface area (Å²) >= 11 is 0. The van der Waals surface area contributed by atoms with Crippen LogP contribution in [0.4, 0.5) is 18.0 Å². The number of nitrogens with zero attached hydrogens (tertiary/aromatic N) is 2. The van der Waals surface area contributed by atoms with E-state index in [0.717, 1.165) is 51.1 Å². The molecule has 1 atom stereocenters. The maximum Gasteiger partial charge on any atom is 0.404 e. The molecule has 2 amide bonds. The highest BCUT2D eigenvalue weighted by molar-refractivity contribution is 5.95. The summed E-state index contributed by atoms with van der Waals surface area (Å²) < 4.78 is 44.2. The summed E-state index contributed by atoms with van der Waals surface area (Å²) in [5.41, 5.74) is 6.37. The Labute approximate surface area is 209 Å². The van der Waals surface area contributed by atoms with Crippen molar-refractivity contribution in [3.8, 4) is 0 Å². The van der Waals surface area contributed by atoms with E-state index in [-0.39, 0.29) is 35.6 Å². The molecular formula is C27H32F3N3O3. The second-order valence-corrected chi connectivity index (χ2v) is 9.97. The van der Waals surface area contributed by atoms with Gasteiger partial charge >= 0.3 is 12.3 Å². The Balaban J connectivity index is 1.48. The third-order valence-corrected chi connectivity index (χ3v) is 7.66. The van der Waals surface area contributed by atoms with E-state index >= 15 is 0 Å². The number of alkyl halides is 3. The van der Waals surface area contributed by atoms with Crippen LogP contribution in [-0.4, -0.2) is 46.8 Å². The number of nitrogens with two attached hydrogens (primary N) is 1. The van der Waals surface area contributed by atoms with Gasteiger partial charge in [-0.25, -0.2) is 4.79 Å². The number of benzene rings is 1. The largest absolute Gasteiger partial charge is 0.450 e. The summed E-state index contributed by atoms with van der Waals surface area (Å²) in [7, 11) is 0. The quantitative estimate of drug-likeness (QED) is 0.499. The fourth-order valence-corrected chi connectivity index (χ4v) is 5.33. The SMILES string of the molecule is C[C@H](c1ccc(C(=O)N(C2CC2)C2CCC(CCOC(N)=O)(c3ccccn3)CC2)cc1)C(F)(F)F. The molecule has 9 heteroatoms. The average molecular weight is 504 g/mol. The van der Waals surface area contributed by atoms with E-state index in [4.69, 9.17) is 10.5 Å². The minimum atomic E-state index is -4.32. The third kappa shape index (κ3) is 5.82. The lowest BCUT2D eigenvalue weighted by Gasteiger charge is -2.43. The molecule has 2 aliphatic rings. The second-order valence-electron chi connectivity index (χ2n) is 9.97. The van der Waals surface area contributed by atoms with Crippen molar-refractivity contribution < 1.29 is 27.5 Å². The summed E-state index contributed by atoms with van der Waals surface area (Å²) in [6.45, 7) is 1.32. The molecule has 2 aromatic rings. The van der Waals surface area contributed by atoms with Gasteiger partial charge in [-0.3, -0.25) is 9.78 Å². The highest BCUT2D eigenvalue weighted by atomic mass is 19.4. The van der Waals surface area contributed by atoms with Gasteiger partial charge in [0.1, 0.15) is 0 Å². The van der Waals surface area contributed by atoms with Crippen LogP contribution in [-0.2, 0) is 10.2 Å². The van der Waals surface area contributed by atoms with Crippen molar-refractivity contribution in [2.24, 2.45) is 5.73 Å². The van der Waals surface area contributed by atoms with Crippen LogP contribution in [0.2, 0.25) is 0 Å². The van der Waals surface area contributed by atoms with Crippen molar-refractivity contribution in [1.29, 1.82) is 0 Å². The van der Waals surface area contributed by atoms with Crippen LogP contribution < -0.4 is 5.73 Å². The zero-order chi connectivity index (χ0) is 25.9. The minimum Gasteiger partial charge on any atom is -0.450 e. The topological polar surface area (TPSA) is 85.5 Å². The summed E-state index contributed by atoms with van der Waals surface area (Å²) in [5, 5.41) is 0. The van der Waals surface area contributed by atoms with Crippen molar-refractivity contribution in [2.75, 3.05) is 6.61 Å². The van der Waals surface area contributed by atoms with E-state index in [2.05, 4.69) is 4.98 Å². The smallest absolute Gasteiger partial charge is 0.404 e. The normalized spacial score (nSPS) is 23.1. The van der Waals surface area contributed by atoms with E-state index in [9.17, 15) is 22.8 Å². The fourth-order valence-electron chi connectivity index (χ4n) is 5.33. The van der Waals surface area contributed by atoms with Crippen molar-refractivity contribution in [1.82, 2.24) is 9.88 Å². The lowest BCUT2D eigenvalue weighted by Crippen LogP contribution is -2.47. The molecule has 1 heterocycles. The third-order valence-electron chi connectivity index (χ3n) is 7.66. The van der Waals surface area contributed by atoms with Gasteiger partial charge in [0, 0.05) is 35.0 Å². The highest BCUT2D eigenvalue weighted by Gasteiger charge is 2.44.